The van der Waals surface area contributed by atoms with Gasteiger partial charge in [0.2, 0.25) is 5.91 Å². The number of fused-ring (bicyclic) bond motifs is 1. The number of hydrogen-bond acceptors (Lipinski definition) is 3. The van der Waals surface area contributed by atoms with Crippen molar-refractivity contribution in [3.63, 3.8) is 0 Å². The van der Waals surface area contributed by atoms with Crippen LogP contribution in [-0.2, 0) is 4.79 Å². The van der Waals surface area contributed by atoms with Gasteiger partial charge in [-0.25, -0.2) is 0 Å². The third-order valence-corrected chi connectivity index (χ3v) is 4.55. The molecular weight excluding hydrogens is 316 g/mol. The molecule has 2 aromatic carbocycles. The van der Waals surface area contributed by atoms with Gasteiger partial charge in [-0.2, -0.15) is 0 Å². The minimum atomic E-state index is -0.458. The van der Waals surface area contributed by atoms with Crippen molar-refractivity contribution in [3.05, 3.63) is 42.0 Å². The van der Waals surface area contributed by atoms with E-state index in [1.807, 2.05) is 36.4 Å². The third kappa shape index (κ3) is 4.17. The number of aliphatic hydroxyl groups is 1. The Labute approximate surface area is 147 Å². The van der Waals surface area contributed by atoms with Crippen molar-refractivity contribution < 1.29 is 14.7 Å². The fourth-order valence-electron chi connectivity index (χ4n) is 2.79. The van der Waals surface area contributed by atoms with Crippen LogP contribution in [0.3, 0.4) is 0 Å². The van der Waals surface area contributed by atoms with Crippen LogP contribution in [0.5, 0.6) is 0 Å². The van der Waals surface area contributed by atoms with E-state index in [1.165, 1.54) is 0 Å². The van der Waals surface area contributed by atoms with Crippen molar-refractivity contribution in [1.82, 2.24) is 4.90 Å². The zero-order chi connectivity index (χ0) is 18.0. The summed E-state index contributed by atoms with van der Waals surface area (Å²) in [7, 11) is 1.71. The smallest absolute Gasteiger partial charge is 0.255 e. The molecule has 0 aromatic heterocycles. The van der Waals surface area contributed by atoms with Gasteiger partial charge in [-0.15, -0.1) is 0 Å². The van der Waals surface area contributed by atoms with Gasteiger partial charge in [0.1, 0.15) is 0 Å². The van der Waals surface area contributed by atoms with Crippen molar-refractivity contribution in [2.24, 2.45) is 5.92 Å². The van der Waals surface area contributed by atoms with Crippen molar-refractivity contribution in [1.29, 1.82) is 0 Å². The maximum atomic E-state index is 12.9. The van der Waals surface area contributed by atoms with Crippen LogP contribution in [-0.4, -0.2) is 41.5 Å². The summed E-state index contributed by atoms with van der Waals surface area (Å²) in [4.78, 5) is 26.7. The first-order valence-electron chi connectivity index (χ1n) is 8.73. The van der Waals surface area contributed by atoms with Crippen LogP contribution in [0.25, 0.3) is 10.8 Å². The van der Waals surface area contributed by atoms with E-state index in [1.54, 1.807) is 18.9 Å². The van der Waals surface area contributed by atoms with Gasteiger partial charge in [-0.1, -0.05) is 24.3 Å². The molecule has 1 aliphatic carbocycles. The average molecular weight is 340 g/mol. The third-order valence-electron chi connectivity index (χ3n) is 4.55. The molecule has 1 saturated carbocycles. The lowest BCUT2D eigenvalue weighted by molar-refractivity contribution is -0.117. The number of hydrogen-bond donors (Lipinski definition) is 2. The molecule has 2 N–H and O–H groups in total. The van der Waals surface area contributed by atoms with Gasteiger partial charge in [0.25, 0.3) is 5.91 Å². The van der Waals surface area contributed by atoms with E-state index in [0.29, 0.717) is 24.2 Å². The van der Waals surface area contributed by atoms with Crippen LogP contribution in [0.2, 0.25) is 0 Å². The number of carbonyl (C=O) groups is 2. The number of nitrogens with zero attached hydrogens (tertiary/aromatic N) is 1. The molecule has 5 nitrogen and oxygen atoms in total. The topological polar surface area (TPSA) is 69.6 Å². The molecule has 0 heterocycles. The second kappa shape index (κ2) is 7.23. The SMILES string of the molecule is CC(O)CCN(C)C(=O)c1cc2ccccc2cc1NC(=O)C1CC1. The number of benzene rings is 2. The number of nitrogens with one attached hydrogen (secondary N) is 1. The Morgan fingerprint density at radius 1 is 1.24 bits per heavy atom. The second-order valence-electron chi connectivity index (χ2n) is 6.87. The molecule has 2 amide bonds. The first-order valence-corrected chi connectivity index (χ1v) is 8.73. The fourth-order valence-corrected chi connectivity index (χ4v) is 2.79. The molecule has 2 aromatic rings. The van der Waals surface area contributed by atoms with Gasteiger partial charge in [-0.3, -0.25) is 9.59 Å². The molecule has 132 valence electrons. The molecule has 1 unspecified atom stereocenters. The van der Waals surface area contributed by atoms with Crippen molar-refractivity contribution in [2.45, 2.75) is 32.3 Å². The Balaban J connectivity index is 1.92. The molecule has 0 aliphatic heterocycles. The lowest BCUT2D eigenvalue weighted by Gasteiger charge is -2.20. The number of anilines is 1. The van der Waals surface area contributed by atoms with E-state index in [4.69, 9.17) is 0 Å². The largest absolute Gasteiger partial charge is 0.393 e. The summed E-state index contributed by atoms with van der Waals surface area (Å²) >= 11 is 0. The zero-order valence-corrected chi connectivity index (χ0v) is 14.7. The molecule has 1 aliphatic rings. The van der Waals surface area contributed by atoms with E-state index in [9.17, 15) is 14.7 Å². The summed E-state index contributed by atoms with van der Waals surface area (Å²) in [6, 6.07) is 11.5. The monoisotopic (exact) mass is 340 g/mol. The van der Waals surface area contributed by atoms with E-state index in [0.717, 1.165) is 23.6 Å². The molecule has 1 atom stereocenters. The first kappa shape index (κ1) is 17.4. The highest BCUT2D eigenvalue weighted by molar-refractivity contribution is 6.08. The van der Waals surface area contributed by atoms with Crippen LogP contribution in [0.15, 0.2) is 36.4 Å². The van der Waals surface area contributed by atoms with Crippen LogP contribution >= 0.6 is 0 Å². The maximum Gasteiger partial charge on any atom is 0.255 e. The van der Waals surface area contributed by atoms with Crippen LogP contribution in [0, 0.1) is 5.92 Å². The molecule has 5 heteroatoms. The predicted octanol–water partition coefficient (Wildman–Crippen LogP) is 3.03. The first-order chi connectivity index (χ1) is 12.0. The molecule has 0 saturated heterocycles. The van der Waals surface area contributed by atoms with Crippen molar-refractivity contribution in [2.75, 3.05) is 18.9 Å². The normalized spacial score (nSPS) is 15.0. The van der Waals surface area contributed by atoms with Gasteiger partial charge >= 0.3 is 0 Å². The van der Waals surface area contributed by atoms with E-state index in [2.05, 4.69) is 5.32 Å². The highest BCUT2D eigenvalue weighted by Crippen LogP contribution is 2.32. The van der Waals surface area contributed by atoms with Gasteiger partial charge in [0.05, 0.1) is 17.4 Å². The van der Waals surface area contributed by atoms with E-state index < -0.39 is 6.10 Å². The zero-order valence-electron chi connectivity index (χ0n) is 14.7. The number of rotatable bonds is 6. The molecule has 0 radical (unpaired) electrons. The lowest BCUT2D eigenvalue weighted by atomic mass is 10.0. The van der Waals surface area contributed by atoms with Gasteiger partial charge in [0.15, 0.2) is 0 Å². The Hall–Kier alpha value is -2.40. The summed E-state index contributed by atoms with van der Waals surface area (Å²) in [5, 5.41) is 14.3. The average Bonchev–Trinajstić information content (AvgIpc) is 3.43. The molecule has 3 rings (SSSR count). The molecule has 1 fully saturated rings. The second-order valence-corrected chi connectivity index (χ2v) is 6.87. The summed E-state index contributed by atoms with van der Waals surface area (Å²) in [6.45, 7) is 2.16. The predicted molar refractivity (Wildman–Crippen MR) is 98.6 cm³/mol. The lowest BCUT2D eigenvalue weighted by Crippen LogP contribution is -2.30. The number of amides is 2. The Bertz CT molecular complexity index is 797. The number of carbonyl (C=O) groups excluding carboxylic acids is 2. The standard InChI is InChI=1S/C20H24N2O3/c1-13(23)9-10-22(2)20(25)17-11-15-5-3-4-6-16(15)12-18(17)21-19(24)14-7-8-14/h3-6,11-14,23H,7-10H2,1-2H3,(H,21,24). The van der Waals surface area contributed by atoms with Crippen LogP contribution < -0.4 is 5.32 Å². The van der Waals surface area contributed by atoms with Crippen LogP contribution in [0.4, 0.5) is 5.69 Å². The minimum absolute atomic E-state index is 0.0176. The van der Waals surface area contributed by atoms with E-state index in [-0.39, 0.29) is 17.7 Å². The van der Waals surface area contributed by atoms with Crippen LogP contribution in [0.1, 0.15) is 36.5 Å². The number of aliphatic hydroxyl groups excluding tert-OH is 1. The van der Waals surface area contributed by atoms with Gasteiger partial charge in [0, 0.05) is 19.5 Å². The van der Waals surface area contributed by atoms with Crippen molar-refractivity contribution >= 4 is 28.3 Å². The van der Waals surface area contributed by atoms with Gasteiger partial charge < -0.3 is 15.3 Å². The van der Waals surface area contributed by atoms with Gasteiger partial charge in [-0.05, 0) is 49.1 Å². The van der Waals surface area contributed by atoms with Crippen molar-refractivity contribution in [3.8, 4) is 0 Å². The quantitative estimate of drug-likeness (QED) is 0.849. The summed E-state index contributed by atoms with van der Waals surface area (Å²) in [5.41, 5.74) is 1.05. The molecular formula is C20H24N2O3. The molecule has 0 spiro atoms. The molecule has 0 bridgehead atoms. The Morgan fingerprint density at radius 3 is 2.48 bits per heavy atom. The summed E-state index contributed by atoms with van der Waals surface area (Å²) < 4.78 is 0. The minimum Gasteiger partial charge on any atom is -0.393 e. The fraction of sp³-hybridized carbons (Fsp3) is 0.400. The highest BCUT2D eigenvalue weighted by Gasteiger charge is 2.30. The molecule has 25 heavy (non-hydrogen) atoms. The maximum absolute atomic E-state index is 12.9. The highest BCUT2D eigenvalue weighted by atomic mass is 16.3. The Kier molecular flexibility index (Phi) is 5.04. The van der Waals surface area contributed by atoms with E-state index >= 15 is 0 Å². The summed E-state index contributed by atoms with van der Waals surface area (Å²) in [5.74, 6) is -0.101. The summed E-state index contributed by atoms with van der Waals surface area (Å²) in [6.07, 6.45) is 1.88. The Morgan fingerprint density at radius 2 is 1.88 bits per heavy atom.